The van der Waals surface area contributed by atoms with Gasteiger partial charge in [0.2, 0.25) is 0 Å². The van der Waals surface area contributed by atoms with Crippen molar-refractivity contribution in [3.05, 3.63) is 48.2 Å². The van der Waals surface area contributed by atoms with Gasteiger partial charge in [0.25, 0.3) is 0 Å². The summed E-state index contributed by atoms with van der Waals surface area (Å²) in [4.78, 5) is 0. The van der Waals surface area contributed by atoms with Crippen LogP contribution in [0.5, 0.6) is 0 Å². The molecule has 2 heterocycles. The summed E-state index contributed by atoms with van der Waals surface area (Å²) in [6.45, 7) is 0. The lowest BCUT2D eigenvalue weighted by molar-refractivity contribution is 0.510. The second-order valence-corrected chi connectivity index (χ2v) is 3.82. The van der Waals surface area contributed by atoms with E-state index in [0.29, 0.717) is 11.3 Å². The average Bonchev–Trinajstić information content (AvgIpc) is 2.75. The van der Waals surface area contributed by atoms with Crippen molar-refractivity contribution in [2.75, 3.05) is 5.73 Å². The molecule has 6 heteroatoms. The second-order valence-electron chi connectivity index (χ2n) is 3.82. The van der Waals surface area contributed by atoms with Crippen LogP contribution in [0.25, 0.3) is 17.0 Å². The zero-order valence-electron chi connectivity index (χ0n) is 9.14. The molecule has 0 aliphatic heterocycles. The van der Waals surface area contributed by atoms with Crippen LogP contribution in [0, 0.1) is 11.6 Å². The molecule has 0 bridgehead atoms. The molecule has 0 aliphatic carbocycles. The summed E-state index contributed by atoms with van der Waals surface area (Å²) in [6.07, 6.45) is 1.56. The normalized spacial score (nSPS) is 11.0. The fourth-order valence-corrected chi connectivity index (χ4v) is 1.77. The van der Waals surface area contributed by atoms with Crippen LogP contribution >= 0.6 is 0 Å². The molecule has 1 aromatic carbocycles. The zero-order valence-corrected chi connectivity index (χ0v) is 9.14. The zero-order chi connectivity index (χ0) is 12.7. The molecule has 0 unspecified atom stereocenters. The van der Waals surface area contributed by atoms with Gasteiger partial charge in [0.15, 0.2) is 23.1 Å². The van der Waals surface area contributed by atoms with Crippen LogP contribution in [0.15, 0.2) is 36.5 Å². The molecule has 0 spiro atoms. The first-order valence-corrected chi connectivity index (χ1v) is 5.21. The Balaban J connectivity index is 2.32. The van der Waals surface area contributed by atoms with Crippen molar-refractivity contribution in [1.82, 2.24) is 14.6 Å². The van der Waals surface area contributed by atoms with Crippen molar-refractivity contribution in [1.29, 1.82) is 0 Å². The van der Waals surface area contributed by atoms with Crippen molar-refractivity contribution in [3.8, 4) is 11.4 Å². The molecule has 0 saturated heterocycles. The SMILES string of the molecule is Nc1ccc2nnc(-c3cccc(F)c3F)n2c1. The lowest BCUT2D eigenvalue weighted by Gasteiger charge is -2.03. The van der Waals surface area contributed by atoms with E-state index in [-0.39, 0.29) is 11.4 Å². The van der Waals surface area contributed by atoms with E-state index in [1.54, 1.807) is 18.3 Å². The standard InChI is InChI=1S/C12H8F2N4/c13-9-3-1-2-8(11(9)14)12-17-16-10-5-4-7(15)6-18(10)12/h1-6H,15H2. The number of nitrogens with zero attached hydrogens (tertiary/aromatic N) is 3. The smallest absolute Gasteiger partial charge is 0.171 e. The molecule has 0 atom stereocenters. The molecule has 0 fully saturated rings. The molecule has 3 rings (SSSR count). The van der Waals surface area contributed by atoms with Crippen LogP contribution in [0.4, 0.5) is 14.5 Å². The van der Waals surface area contributed by atoms with Gasteiger partial charge in [-0.1, -0.05) is 6.07 Å². The lowest BCUT2D eigenvalue weighted by Crippen LogP contribution is -1.96. The van der Waals surface area contributed by atoms with E-state index in [0.717, 1.165) is 6.07 Å². The van der Waals surface area contributed by atoms with Gasteiger partial charge in [0.05, 0.1) is 5.56 Å². The third kappa shape index (κ3) is 1.50. The number of nitrogen functional groups attached to an aromatic ring is 1. The van der Waals surface area contributed by atoms with Crippen LogP contribution in [-0.2, 0) is 0 Å². The van der Waals surface area contributed by atoms with Crippen molar-refractivity contribution < 1.29 is 8.78 Å². The van der Waals surface area contributed by atoms with Gasteiger partial charge < -0.3 is 5.73 Å². The van der Waals surface area contributed by atoms with Gasteiger partial charge in [0.1, 0.15) is 0 Å². The highest BCUT2D eigenvalue weighted by Gasteiger charge is 2.15. The predicted molar refractivity (Wildman–Crippen MR) is 62.8 cm³/mol. The van der Waals surface area contributed by atoms with Gasteiger partial charge in [-0.15, -0.1) is 10.2 Å². The van der Waals surface area contributed by atoms with Crippen LogP contribution < -0.4 is 5.73 Å². The van der Waals surface area contributed by atoms with Gasteiger partial charge in [-0.25, -0.2) is 8.78 Å². The van der Waals surface area contributed by atoms with E-state index < -0.39 is 11.6 Å². The van der Waals surface area contributed by atoms with E-state index in [9.17, 15) is 8.78 Å². The Morgan fingerprint density at radius 3 is 2.72 bits per heavy atom. The van der Waals surface area contributed by atoms with Gasteiger partial charge in [-0.3, -0.25) is 4.40 Å². The Kier molecular flexibility index (Phi) is 2.22. The van der Waals surface area contributed by atoms with Crippen molar-refractivity contribution in [2.24, 2.45) is 0 Å². The van der Waals surface area contributed by atoms with Gasteiger partial charge in [0, 0.05) is 11.9 Å². The minimum Gasteiger partial charge on any atom is -0.398 e. The minimum absolute atomic E-state index is 0.0492. The molecule has 4 nitrogen and oxygen atoms in total. The van der Waals surface area contributed by atoms with E-state index in [1.165, 1.54) is 16.5 Å². The number of anilines is 1. The first-order chi connectivity index (χ1) is 8.66. The van der Waals surface area contributed by atoms with Crippen molar-refractivity contribution in [2.45, 2.75) is 0 Å². The molecular weight excluding hydrogens is 238 g/mol. The van der Waals surface area contributed by atoms with Crippen LogP contribution in [0.1, 0.15) is 0 Å². The number of rotatable bonds is 1. The van der Waals surface area contributed by atoms with E-state index in [1.807, 2.05) is 0 Å². The van der Waals surface area contributed by atoms with Crippen LogP contribution in [0.3, 0.4) is 0 Å². The number of pyridine rings is 1. The summed E-state index contributed by atoms with van der Waals surface area (Å²) in [5.41, 5.74) is 6.71. The molecule has 2 aromatic heterocycles. The summed E-state index contributed by atoms with van der Waals surface area (Å²) in [6, 6.07) is 7.23. The highest BCUT2D eigenvalue weighted by atomic mass is 19.2. The van der Waals surface area contributed by atoms with E-state index in [4.69, 9.17) is 5.73 Å². The summed E-state index contributed by atoms with van der Waals surface area (Å²) in [5, 5.41) is 7.73. The Hall–Kier alpha value is -2.50. The fourth-order valence-electron chi connectivity index (χ4n) is 1.77. The highest BCUT2D eigenvalue weighted by Crippen LogP contribution is 2.23. The Morgan fingerprint density at radius 1 is 1.06 bits per heavy atom. The molecule has 0 radical (unpaired) electrons. The number of benzene rings is 1. The van der Waals surface area contributed by atoms with Crippen LogP contribution in [0.2, 0.25) is 0 Å². The number of hydrogen-bond donors (Lipinski definition) is 1. The number of halogens is 2. The van der Waals surface area contributed by atoms with Gasteiger partial charge in [-0.2, -0.15) is 0 Å². The largest absolute Gasteiger partial charge is 0.398 e. The molecule has 0 aliphatic rings. The van der Waals surface area contributed by atoms with Gasteiger partial charge >= 0.3 is 0 Å². The monoisotopic (exact) mass is 246 g/mol. The third-order valence-electron chi connectivity index (χ3n) is 2.62. The fraction of sp³-hybridized carbons (Fsp3) is 0. The highest BCUT2D eigenvalue weighted by molar-refractivity contribution is 5.61. The number of hydrogen-bond acceptors (Lipinski definition) is 3. The topological polar surface area (TPSA) is 56.2 Å². The summed E-state index contributed by atoms with van der Waals surface area (Å²) in [5.74, 6) is -1.66. The molecular formula is C12H8F2N4. The van der Waals surface area contributed by atoms with Crippen LogP contribution in [-0.4, -0.2) is 14.6 Å². The average molecular weight is 246 g/mol. The van der Waals surface area contributed by atoms with Crippen molar-refractivity contribution in [3.63, 3.8) is 0 Å². The summed E-state index contributed by atoms with van der Waals surface area (Å²) >= 11 is 0. The van der Waals surface area contributed by atoms with E-state index >= 15 is 0 Å². The summed E-state index contributed by atoms with van der Waals surface area (Å²) < 4.78 is 28.4. The molecule has 0 saturated carbocycles. The minimum atomic E-state index is -0.950. The summed E-state index contributed by atoms with van der Waals surface area (Å²) in [7, 11) is 0. The maximum atomic E-state index is 13.7. The Bertz CT molecular complexity index is 736. The lowest BCUT2D eigenvalue weighted by atomic mass is 10.2. The second kappa shape index (κ2) is 3.76. The molecule has 3 aromatic rings. The number of fused-ring (bicyclic) bond motifs is 1. The van der Waals surface area contributed by atoms with Crippen molar-refractivity contribution >= 4 is 11.3 Å². The first-order valence-electron chi connectivity index (χ1n) is 5.21. The number of aromatic nitrogens is 3. The number of nitrogens with two attached hydrogens (primary N) is 1. The predicted octanol–water partition coefficient (Wildman–Crippen LogP) is 2.26. The molecule has 18 heavy (non-hydrogen) atoms. The quantitative estimate of drug-likeness (QED) is 0.716. The first kappa shape index (κ1) is 10.6. The maximum absolute atomic E-state index is 13.7. The molecule has 0 amide bonds. The molecule has 90 valence electrons. The Labute approximate surface area is 101 Å². The molecule has 2 N–H and O–H groups in total. The third-order valence-corrected chi connectivity index (χ3v) is 2.62. The van der Waals surface area contributed by atoms with Gasteiger partial charge in [-0.05, 0) is 24.3 Å². The Morgan fingerprint density at radius 2 is 1.89 bits per heavy atom. The van der Waals surface area contributed by atoms with E-state index in [2.05, 4.69) is 10.2 Å². The maximum Gasteiger partial charge on any atom is 0.171 e.